The number of nitrogens with zero attached hydrogens (tertiary/aromatic N) is 1. The topological polar surface area (TPSA) is 78.9 Å². The number of fused-ring (bicyclic) bond motifs is 2. The summed E-state index contributed by atoms with van der Waals surface area (Å²) < 4.78 is 5.72. The molecule has 6 nitrogen and oxygen atoms in total. The maximum Gasteiger partial charge on any atom is 0.325 e. The lowest BCUT2D eigenvalue weighted by atomic mass is 9.92. The molecule has 1 aliphatic heterocycles. The Bertz CT molecular complexity index is 933. The smallest absolute Gasteiger partial charge is 0.325 e. The summed E-state index contributed by atoms with van der Waals surface area (Å²) >= 11 is 5.89. The number of ether oxygens (including phenoxy) is 1. The molecule has 3 atom stereocenters. The number of nitrogens with one attached hydrogen (secondary N) is 1. The van der Waals surface area contributed by atoms with Crippen LogP contribution in [0.1, 0.15) is 36.1 Å². The van der Waals surface area contributed by atoms with Crippen molar-refractivity contribution in [1.82, 2.24) is 10.2 Å². The molecule has 0 saturated carbocycles. The molecular weight excluding hydrogens is 392 g/mol. The molecule has 1 aliphatic carbocycles. The van der Waals surface area contributed by atoms with Crippen LogP contribution in [0.25, 0.3) is 0 Å². The van der Waals surface area contributed by atoms with E-state index in [4.69, 9.17) is 16.3 Å². The molecule has 1 heterocycles. The van der Waals surface area contributed by atoms with Crippen molar-refractivity contribution in [3.05, 3.63) is 70.2 Å². The van der Waals surface area contributed by atoms with Gasteiger partial charge in [-0.3, -0.25) is 9.69 Å². The van der Waals surface area contributed by atoms with Crippen LogP contribution in [-0.4, -0.2) is 41.2 Å². The third-order valence-corrected chi connectivity index (χ3v) is 5.95. The van der Waals surface area contributed by atoms with E-state index in [-0.39, 0.29) is 25.2 Å². The van der Waals surface area contributed by atoms with Crippen LogP contribution in [0.2, 0.25) is 5.02 Å². The fraction of sp³-hybridized carbons (Fsp3) is 0.364. The standard InChI is InChI=1S/C22H23ClN2O4/c1-14(15-6-8-17(23)9-7-15)29-13-18(26)12-25-20(27)22(24-21(25)28)11-10-16-4-2-3-5-19(16)22/h2-9,14,18,26H,10-13H2,1H3,(H,24,28)/t14-,18+,22-/m0/s1. The van der Waals surface area contributed by atoms with Crippen molar-refractivity contribution in [2.24, 2.45) is 0 Å². The number of amides is 3. The molecule has 2 aromatic rings. The summed E-state index contributed by atoms with van der Waals surface area (Å²) in [5.41, 5.74) is 1.84. The number of benzene rings is 2. The Hall–Kier alpha value is -2.41. The number of halogens is 1. The molecule has 2 aromatic carbocycles. The number of aliphatic hydroxyl groups excluding tert-OH is 1. The van der Waals surface area contributed by atoms with Gasteiger partial charge in [-0.1, -0.05) is 48.0 Å². The molecule has 1 fully saturated rings. The van der Waals surface area contributed by atoms with Gasteiger partial charge in [0.15, 0.2) is 0 Å². The van der Waals surface area contributed by atoms with E-state index < -0.39 is 17.7 Å². The predicted molar refractivity (Wildman–Crippen MR) is 109 cm³/mol. The first kappa shape index (κ1) is 19.9. The number of carbonyl (C=O) groups excluding carboxylic acids is 2. The first-order chi connectivity index (χ1) is 13.9. The van der Waals surface area contributed by atoms with Crippen molar-refractivity contribution in [3.8, 4) is 0 Å². The minimum Gasteiger partial charge on any atom is -0.389 e. The summed E-state index contributed by atoms with van der Waals surface area (Å²) in [7, 11) is 0. The van der Waals surface area contributed by atoms with Crippen LogP contribution >= 0.6 is 11.6 Å². The van der Waals surface area contributed by atoms with Crippen molar-refractivity contribution in [2.45, 2.75) is 37.5 Å². The fourth-order valence-corrected chi connectivity index (χ4v) is 4.23. The highest BCUT2D eigenvalue weighted by atomic mass is 35.5. The van der Waals surface area contributed by atoms with Crippen molar-refractivity contribution >= 4 is 23.5 Å². The Morgan fingerprint density at radius 2 is 1.93 bits per heavy atom. The van der Waals surface area contributed by atoms with Crippen molar-refractivity contribution in [1.29, 1.82) is 0 Å². The van der Waals surface area contributed by atoms with Gasteiger partial charge in [0.1, 0.15) is 5.54 Å². The van der Waals surface area contributed by atoms with E-state index in [0.717, 1.165) is 28.0 Å². The van der Waals surface area contributed by atoms with Gasteiger partial charge in [-0.2, -0.15) is 0 Å². The number of carbonyl (C=O) groups is 2. The Morgan fingerprint density at radius 3 is 2.69 bits per heavy atom. The molecule has 1 spiro atoms. The SMILES string of the molecule is C[C@H](OC[C@H](O)CN1C(=O)N[C@]2(CCc3ccccc32)C1=O)c1ccc(Cl)cc1. The molecule has 2 aliphatic rings. The van der Waals surface area contributed by atoms with Gasteiger partial charge in [0.05, 0.1) is 25.4 Å². The van der Waals surface area contributed by atoms with Crippen molar-refractivity contribution in [3.63, 3.8) is 0 Å². The largest absolute Gasteiger partial charge is 0.389 e. The number of aryl methyl sites for hydroxylation is 1. The molecule has 2 N–H and O–H groups in total. The monoisotopic (exact) mass is 414 g/mol. The summed E-state index contributed by atoms with van der Waals surface area (Å²) in [6.07, 6.45) is 0.0396. The van der Waals surface area contributed by atoms with Gasteiger partial charge in [-0.05, 0) is 48.6 Å². The number of hydrogen-bond acceptors (Lipinski definition) is 4. The first-order valence-electron chi connectivity index (χ1n) is 9.68. The Morgan fingerprint density at radius 1 is 1.21 bits per heavy atom. The maximum absolute atomic E-state index is 13.1. The quantitative estimate of drug-likeness (QED) is 0.711. The van der Waals surface area contributed by atoms with E-state index in [1.807, 2.05) is 43.3 Å². The predicted octanol–water partition coefficient (Wildman–Crippen LogP) is 3.17. The fourth-order valence-electron chi connectivity index (χ4n) is 4.10. The van der Waals surface area contributed by atoms with Gasteiger partial charge in [0.25, 0.3) is 5.91 Å². The average Bonchev–Trinajstić information content (AvgIpc) is 3.20. The van der Waals surface area contributed by atoms with Crippen LogP contribution < -0.4 is 5.32 Å². The summed E-state index contributed by atoms with van der Waals surface area (Å²) in [4.78, 5) is 26.7. The van der Waals surface area contributed by atoms with Gasteiger partial charge < -0.3 is 15.2 Å². The molecule has 3 amide bonds. The van der Waals surface area contributed by atoms with Gasteiger partial charge >= 0.3 is 6.03 Å². The second kappa shape index (κ2) is 7.78. The summed E-state index contributed by atoms with van der Waals surface area (Å²) in [6, 6.07) is 14.5. The molecular formula is C22H23ClN2O4. The minimum atomic E-state index is -1.01. The van der Waals surface area contributed by atoms with Crippen LogP contribution in [0.5, 0.6) is 0 Å². The molecule has 152 valence electrons. The summed E-state index contributed by atoms with van der Waals surface area (Å²) in [6.45, 7) is 1.76. The molecule has 29 heavy (non-hydrogen) atoms. The Balaban J connectivity index is 1.39. The lowest BCUT2D eigenvalue weighted by molar-refractivity contribution is -0.133. The number of β-amino-alcohol motifs (C(OH)–C–C–N with tert-alkyl or cyclic N) is 1. The molecule has 0 radical (unpaired) electrons. The van der Waals surface area contributed by atoms with E-state index in [1.165, 1.54) is 0 Å². The first-order valence-corrected chi connectivity index (χ1v) is 10.1. The highest BCUT2D eigenvalue weighted by Crippen LogP contribution is 2.41. The molecule has 0 aromatic heterocycles. The lowest BCUT2D eigenvalue weighted by Crippen LogP contribution is -2.43. The van der Waals surface area contributed by atoms with E-state index >= 15 is 0 Å². The summed E-state index contributed by atoms with van der Waals surface area (Å²) in [5.74, 6) is -0.308. The zero-order valence-corrected chi connectivity index (χ0v) is 16.9. The number of rotatable bonds is 6. The van der Waals surface area contributed by atoms with Gasteiger partial charge in [0.2, 0.25) is 0 Å². The van der Waals surface area contributed by atoms with Gasteiger partial charge in [-0.15, -0.1) is 0 Å². The number of urea groups is 1. The second-order valence-electron chi connectivity index (χ2n) is 7.59. The van der Waals surface area contributed by atoms with Crippen molar-refractivity contribution in [2.75, 3.05) is 13.2 Å². The van der Waals surface area contributed by atoms with E-state index in [2.05, 4.69) is 5.32 Å². The second-order valence-corrected chi connectivity index (χ2v) is 8.03. The molecule has 7 heteroatoms. The molecule has 0 bridgehead atoms. The van der Waals surface area contributed by atoms with Crippen LogP contribution in [-0.2, 0) is 21.5 Å². The number of imide groups is 1. The Kier molecular flexibility index (Phi) is 5.34. The average molecular weight is 415 g/mol. The molecule has 0 unspecified atom stereocenters. The van der Waals surface area contributed by atoms with Crippen LogP contribution in [0.15, 0.2) is 48.5 Å². The van der Waals surface area contributed by atoms with Gasteiger partial charge in [-0.25, -0.2) is 4.79 Å². The minimum absolute atomic E-state index is 0.00440. The van der Waals surface area contributed by atoms with E-state index in [9.17, 15) is 14.7 Å². The van der Waals surface area contributed by atoms with Crippen LogP contribution in [0.3, 0.4) is 0 Å². The molecule has 1 saturated heterocycles. The van der Waals surface area contributed by atoms with Gasteiger partial charge in [0, 0.05) is 5.02 Å². The zero-order valence-electron chi connectivity index (χ0n) is 16.1. The normalized spacial score (nSPS) is 22.7. The van der Waals surface area contributed by atoms with Crippen molar-refractivity contribution < 1.29 is 19.4 Å². The summed E-state index contributed by atoms with van der Waals surface area (Å²) in [5, 5.41) is 13.9. The third-order valence-electron chi connectivity index (χ3n) is 5.69. The number of aliphatic hydroxyl groups is 1. The number of hydrogen-bond donors (Lipinski definition) is 2. The highest BCUT2D eigenvalue weighted by molar-refractivity contribution is 6.30. The molecule has 4 rings (SSSR count). The van der Waals surface area contributed by atoms with Crippen LogP contribution in [0, 0.1) is 0 Å². The van der Waals surface area contributed by atoms with E-state index in [0.29, 0.717) is 11.4 Å². The van der Waals surface area contributed by atoms with E-state index in [1.54, 1.807) is 12.1 Å². The zero-order chi connectivity index (χ0) is 20.6. The highest BCUT2D eigenvalue weighted by Gasteiger charge is 2.55. The maximum atomic E-state index is 13.1. The van der Waals surface area contributed by atoms with Crippen LogP contribution in [0.4, 0.5) is 4.79 Å². The lowest BCUT2D eigenvalue weighted by Gasteiger charge is -2.23. The third kappa shape index (κ3) is 3.64. The Labute approximate surface area is 174 Å².